The standard InChI is InChI=1S/C10H3F5N2OS/c11-5-3(9(18)17-15)4(10-16-1-2-19-10)6(12)8(14)7(5)13/h1-2H,(H,17,18). The Bertz CT molecular complexity index is 644. The number of halogens is 5. The zero-order valence-electron chi connectivity index (χ0n) is 8.81. The molecule has 0 atom stereocenters. The van der Waals surface area contributed by atoms with Crippen molar-refractivity contribution in [3.8, 4) is 10.6 Å². The fraction of sp³-hybridized carbons (Fsp3) is 0. The largest absolute Gasteiger partial charge is 0.282 e. The molecule has 0 saturated heterocycles. The second kappa shape index (κ2) is 4.92. The minimum absolute atomic E-state index is 0.283. The first-order valence-electron chi connectivity index (χ1n) is 4.65. The fourth-order valence-corrected chi connectivity index (χ4v) is 2.12. The van der Waals surface area contributed by atoms with Crippen molar-refractivity contribution in [1.82, 2.24) is 10.5 Å². The fourth-order valence-electron chi connectivity index (χ4n) is 1.44. The first kappa shape index (κ1) is 13.4. The van der Waals surface area contributed by atoms with Gasteiger partial charge < -0.3 is 0 Å². The molecule has 0 aliphatic rings. The Morgan fingerprint density at radius 3 is 2.26 bits per heavy atom. The van der Waals surface area contributed by atoms with E-state index in [2.05, 4.69) is 4.98 Å². The van der Waals surface area contributed by atoms with Crippen LogP contribution in [0.1, 0.15) is 10.4 Å². The topological polar surface area (TPSA) is 42.0 Å². The number of amides is 1. The molecule has 1 N–H and O–H groups in total. The van der Waals surface area contributed by atoms with Crippen molar-refractivity contribution in [2.45, 2.75) is 0 Å². The van der Waals surface area contributed by atoms with Gasteiger partial charge in [-0.1, -0.05) is 4.48 Å². The number of hydrogen-bond acceptors (Lipinski definition) is 3. The number of hydrogen-bond donors (Lipinski definition) is 1. The number of nitrogens with one attached hydrogen (secondary N) is 1. The molecule has 0 aliphatic carbocycles. The molecule has 0 spiro atoms. The summed E-state index contributed by atoms with van der Waals surface area (Å²) < 4.78 is 65.5. The van der Waals surface area contributed by atoms with Crippen LogP contribution in [-0.4, -0.2) is 10.9 Å². The number of rotatable bonds is 2. The summed E-state index contributed by atoms with van der Waals surface area (Å²) in [6.45, 7) is 0. The average molecular weight is 294 g/mol. The van der Waals surface area contributed by atoms with Gasteiger partial charge in [0, 0.05) is 11.6 Å². The quantitative estimate of drug-likeness (QED) is 0.400. The zero-order valence-corrected chi connectivity index (χ0v) is 9.62. The van der Waals surface area contributed by atoms with Crippen LogP contribution in [0.15, 0.2) is 11.6 Å². The summed E-state index contributed by atoms with van der Waals surface area (Å²) in [5, 5.41) is 1.05. The zero-order chi connectivity index (χ0) is 14.2. The van der Waals surface area contributed by atoms with Crippen molar-refractivity contribution in [3.63, 3.8) is 0 Å². The molecule has 1 aromatic heterocycles. The normalized spacial score (nSPS) is 10.6. The van der Waals surface area contributed by atoms with E-state index in [-0.39, 0.29) is 5.01 Å². The highest BCUT2D eigenvalue weighted by Crippen LogP contribution is 2.33. The Morgan fingerprint density at radius 1 is 1.11 bits per heavy atom. The molecule has 0 fully saturated rings. The van der Waals surface area contributed by atoms with Gasteiger partial charge in [0.1, 0.15) is 5.01 Å². The maximum Gasteiger partial charge on any atom is 0.282 e. The first-order valence-corrected chi connectivity index (χ1v) is 5.53. The Hall–Kier alpha value is -2.03. The molecule has 2 rings (SSSR count). The monoisotopic (exact) mass is 294 g/mol. The van der Waals surface area contributed by atoms with Crippen LogP contribution < -0.4 is 5.54 Å². The highest BCUT2D eigenvalue weighted by molar-refractivity contribution is 7.13. The molecule has 2 aromatic rings. The predicted molar refractivity (Wildman–Crippen MR) is 56.0 cm³/mol. The SMILES string of the molecule is O=C(NF)c1c(F)c(F)c(F)c(F)c1-c1nccs1. The molecule has 0 aliphatic heterocycles. The number of benzene rings is 1. The lowest BCUT2D eigenvalue weighted by Gasteiger charge is -2.09. The highest BCUT2D eigenvalue weighted by Gasteiger charge is 2.31. The van der Waals surface area contributed by atoms with Crippen molar-refractivity contribution in [2.24, 2.45) is 0 Å². The van der Waals surface area contributed by atoms with Gasteiger partial charge in [0.2, 0.25) is 0 Å². The number of aromatic nitrogens is 1. The third kappa shape index (κ3) is 2.05. The van der Waals surface area contributed by atoms with E-state index >= 15 is 0 Å². The van der Waals surface area contributed by atoms with Gasteiger partial charge in [-0.05, 0) is 0 Å². The third-order valence-electron chi connectivity index (χ3n) is 2.23. The lowest BCUT2D eigenvalue weighted by atomic mass is 10.0. The van der Waals surface area contributed by atoms with E-state index < -0.39 is 40.3 Å². The van der Waals surface area contributed by atoms with Crippen LogP contribution in [0.5, 0.6) is 0 Å². The van der Waals surface area contributed by atoms with Gasteiger partial charge in [-0.25, -0.2) is 22.5 Å². The Balaban J connectivity index is 2.87. The summed E-state index contributed by atoms with van der Waals surface area (Å²) in [5.74, 6) is -9.83. The minimum atomic E-state index is -2.20. The van der Waals surface area contributed by atoms with Crippen LogP contribution in [0, 0.1) is 23.3 Å². The molecule has 0 unspecified atom stereocenters. The van der Waals surface area contributed by atoms with Gasteiger partial charge in [0.05, 0.1) is 11.1 Å². The molecule has 19 heavy (non-hydrogen) atoms. The van der Waals surface area contributed by atoms with E-state index in [1.54, 1.807) is 0 Å². The second-order valence-electron chi connectivity index (χ2n) is 3.27. The predicted octanol–water partition coefficient (Wildman–Crippen LogP) is 2.98. The van der Waals surface area contributed by atoms with Crippen molar-refractivity contribution in [2.75, 3.05) is 0 Å². The summed E-state index contributed by atoms with van der Waals surface area (Å²) in [6.07, 6.45) is 1.18. The van der Waals surface area contributed by atoms with E-state index in [1.807, 2.05) is 0 Å². The van der Waals surface area contributed by atoms with Gasteiger partial charge in [-0.2, -0.15) is 5.54 Å². The molecule has 100 valence electrons. The first-order chi connectivity index (χ1) is 8.99. The average Bonchev–Trinajstić information content (AvgIpc) is 2.93. The van der Waals surface area contributed by atoms with Crippen molar-refractivity contribution >= 4 is 17.2 Å². The number of carbonyl (C=O) groups excluding carboxylic acids is 1. The second-order valence-corrected chi connectivity index (χ2v) is 4.16. The van der Waals surface area contributed by atoms with Crippen LogP contribution in [0.25, 0.3) is 10.6 Å². The van der Waals surface area contributed by atoms with E-state index in [9.17, 15) is 26.8 Å². The summed E-state index contributed by atoms with van der Waals surface area (Å²) in [7, 11) is 0. The summed E-state index contributed by atoms with van der Waals surface area (Å²) >= 11 is 0.746. The maximum absolute atomic E-state index is 13.6. The van der Waals surface area contributed by atoms with E-state index in [4.69, 9.17) is 0 Å². The molecular formula is C10H3F5N2OS. The molecule has 1 amide bonds. The summed E-state index contributed by atoms with van der Waals surface area (Å²) in [6, 6.07) is 0. The van der Waals surface area contributed by atoms with E-state index in [1.165, 1.54) is 11.6 Å². The maximum atomic E-state index is 13.6. The van der Waals surface area contributed by atoms with Crippen molar-refractivity contribution in [3.05, 3.63) is 40.4 Å². The van der Waals surface area contributed by atoms with Crippen molar-refractivity contribution < 1.29 is 26.8 Å². The van der Waals surface area contributed by atoms with Gasteiger partial charge in [0.25, 0.3) is 5.91 Å². The van der Waals surface area contributed by atoms with Gasteiger partial charge >= 0.3 is 0 Å². The molecule has 0 bridgehead atoms. The van der Waals surface area contributed by atoms with Gasteiger partial charge in [-0.3, -0.25) is 4.79 Å². The smallest absolute Gasteiger partial charge is 0.267 e. The van der Waals surface area contributed by atoms with Crippen LogP contribution in [-0.2, 0) is 0 Å². The lowest BCUT2D eigenvalue weighted by molar-refractivity contribution is 0.0854. The van der Waals surface area contributed by atoms with Gasteiger partial charge in [0.15, 0.2) is 23.3 Å². The highest BCUT2D eigenvalue weighted by atomic mass is 32.1. The Kier molecular flexibility index (Phi) is 3.47. The van der Waals surface area contributed by atoms with Crippen molar-refractivity contribution in [1.29, 1.82) is 0 Å². The molecule has 0 radical (unpaired) electrons. The summed E-state index contributed by atoms with van der Waals surface area (Å²) in [5.41, 5.74) is -1.67. The number of nitrogens with zero attached hydrogens (tertiary/aromatic N) is 1. The van der Waals surface area contributed by atoms with Gasteiger partial charge in [-0.15, -0.1) is 11.3 Å². The molecular weight excluding hydrogens is 291 g/mol. The lowest BCUT2D eigenvalue weighted by Crippen LogP contribution is -2.19. The molecule has 0 saturated carbocycles. The number of carbonyl (C=O) groups is 1. The number of thiazole rings is 1. The minimum Gasteiger partial charge on any atom is -0.267 e. The third-order valence-corrected chi connectivity index (χ3v) is 3.02. The van der Waals surface area contributed by atoms with Crippen LogP contribution >= 0.6 is 11.3 Å². The van der Waals surface area contributed by atoms with E-state index in [0.29, 0.717) is 5.54 Å². The Labute approximate surface area is 106 Å². The molecule has 1 aromatic carbocycles. The van der Waals surface area contributed by atoms with Crippen LogP contribution in [0.4, 0.5) is 22.0 Å². The molecule has 1 heterocycles. The van der Waals surface area contributed by atoms with Crippen LogP contribution in [0.3, 0.4) is 0 Å². The molecule has 9 heteroatoms. The molecule has 3 nitrogen and oxygen atoms in total. The van der Waals surface area contributed by atoms with Crippen LogP contribution in [0.2, 0.25) is 0 Å². The van der Waals surface area contributed by atoms with E-state index in [0.717, 1.165) is 11.3 Å². The Morgan fingerprint density at radius 2 is 1.74 bits per heavy atom. The summed E-state index contributed by atoms with van der Waals surface area (Å²) in [4.78, 5) is 14.7.